The third kappa shape index (κ3) is 2.90. The Morgan fingerprint density at radius 1 is 1.15 bits per heavy atom. The van der Waals surface area contributed by atoms with Gasteiger partial charge in [0.2, 0.25) is 0 Å². The Bertz CT molecular complexity index is 644. The highest BCUT2D eigenvalue weighted by molar-refractivity contribution is 5.48. The van der Waals surface area contributed by atoms with Gasteiger partial charge in [-0.15, -0.1) is 0 Å². The van der Waals surface area contributed by atoms with Gasteiger partial charge in [0, 0.05) is 0 Å². The molecule has 0 aliphatic carbocycles. The number of nitrogens with zero attached hydrogens (tertiary/aromatic N) is 1. The summed E-state index contributed by atoms with van der Waals surface area (Å²) in [4.78, 5) is 0. The van der Waals surface area contributed by atoms with Crippen LogP contribution in [0.3, 0.4) is 0 Å². The highest BCUT2D eigenvalue weighted by Gasteiger charge is 2.15. The Morgan fingerprint density at radius 2 is 1.85 bits per heavy atom. The van der Waals surface area contributed by atoms with Crippen molar-refractivity contribution < 1.29 is 14.6 Å². The zero-order valence-corrected chi connectivity index (χ0v) is 11.3. The van der Waals surface area contributed by atoms with Crippen molar-refractivity contribution >= 4 is 0 Å². The van der Waals surface area contributed by atoms with Crippen LogP contribution >= 0.6 is 0 Å². The molecule has 0 fully saturated rings. The quantitative estimate of drug-likeness (QED) is 0.923. The highest BCUT2D eigenvalue weighted by Crippen LogP contribution is 2.36. The monoisotopic (exact) mass is 269 g/mol. The molecule has 1 N–H and O–H groups in total. The molecule has 0 aliphatic rings. The minimum atomic E-state index is -0.722. The van der Waals surface area contributed by atoms with E-state index in [1.165, 1.54) is 0 Å². The molecule has 0 saturated heterocycles. The number of rotatable bonds is 4. The largest absolute Gasteiger partial charge is 0.496 e. The first-order valence-corrected chi connectivity index (χ1v) is 6.18. The fourth-order valence-electron chi connectivity index (χ4n) is 1.96. The third-order valence-electron chi connectivity index (χ3n) is 2.85. The number of aliphatic hydroxyl groups is 1. The molecule has 2 aromatic carbocycles. The van der Waals surface area contributed by atoms with Crippen LogP contribution in [-0.2, 0) is 0 Å². The van der Waals surface area contributed by atoms with Gasteiger partial charge in [-0.2, -0.15) is 5.26 Å². The lowest BCUT2D eigenvalue weighted by atomic mass is 10.1. The average Bonchev–Trinajstić information content (AvgIpc) is 2.46. The second-order valence-electron chi connectivity index (χ2n) is 4.29. The SMILES string of the molecule is COc1cccc(Oc2cccc(C#N)c2)c1[C@H](C)O. The Hall–Kier alpha value is -2.51. The van der Waals surface area contributed by atoms with Crippen LogP contribution in [0.1, 0.15) is 24.2 Å². The summed E-state index contributed by atoms with van der Waals surface area (Å²) in [5, 5.41) is 18.8. The molecule has 2 aromatic rings. The molecule has 0 spiro atoms. The lowest BCUT2D eigenvalue weighted by molar-refractivity contribution is 0.190. The Labute approximate surface area is 117 Å². The minimum absolute atomic E-state index is 0.509. The Kier molecular flexibility index (Phi) is 4.24. The molecule has 4 nitrogen and oxygen atoms in total. The smallest absolute Gasteiger partial charge is 0.136 e. The maximum Gasteiger partial charge on any atom is 0.136 e. The summed E-state index contributed by atoms with van der Waals surface area (Å²) in [6, 6.07) is 14.2. The number of nitriles is 1. The van der Waals surface area contributed by atoms with Gasteiger partial charge in [-0.1, -0.05) is 12.1 Å². The Balaban J connectivity index is 2.40. The number of hydrogen-bond acceptors (Lipinski definition) is 4. The van der Waals surface area contributed by atoms with Crippen molar-refractivity contribution in [3.05, 3.63) is 53.6 Å². The first-order chi connectivity index (χ1) is 9.65. The van der Waals surface area contributed by atoms with Crippen LogP contribution in [0.2, 0.25) is 0 Å². The molecular weight excluding hydrogens is 254 g/mol. The van der Waals surface area contributed by atoms with E-state index in [4.69, 9.17) is 14.7 Å². The summed E-state index contributed by atoms with van der Waals surface area (Å²) in [5.74, 6) is 1.61. The first-order valence-electron chi connectivity index (χ1n) is 6.18. The average molecular weight is 269 g/mol. The molecule has 0 aromatic heterocycles. The zero-order valence-electron chi connectivity index (χ0n) is 11.3. The van der Waals surface area contributed by atoms with Crippen LogP contribution in [-0.4, -0.2) is 12.2 Å². The maximum absolute atomic E-state index is 9.88. The van der Waals surface area contributed by atoms with Crippen molar-refractivity contribution in [3.8, 4) is 23.3 Å². The highest BCUT2D eigenvalue weighted by atomic mass is 16.5. The summed E-state index contributed by atoms with van der Waals surface area (Å²) in [7, 11) is 1.54. The molecule has 0 aliphatic heterocycles. The Morgan fingerprint density at radius 3 is 2.50 bits per heavy atom. The van der Waals surface area contributed by atoms with E-state index < -0.39 is 6.10 Å². The topological polar surface area (TPSA) is 62.5 Å². The summed E-state index contributed by atoms with van der Waals surface area (Å²) in [5.41, 5.74) is 1.10. The van der Waals surface area contributed by atoms with Crippen LogP contribution in [0.25, 0.3) is 0 Å². The molecule has 102 valence electrons. The van der Waals surface area contributed by atoms with Gasteiger partial charge in [0.1, 0.15) is 17.2 Å². The van der Waals surface area contributed by atoms with Crippen molar-refractivity contribution in [2.24, 2.45) is 0 Å². The van der Waals surface area contributed by atoms with Gasteiger partial charge < -0.3 is 14.6 Å². The second-order valence-corrected chi connectivity index (χ2v) is 4.29. The molecule has 0 heterocycles. The van der Waals surface area contributed by atoms with Crippen LogP contribution in [0.4, 0.5) is 0 Å². The molecule has 0 radical (unpaired) electrons. The second kappa shape index (κ2) is 6.09. The zero-order chi connectivity index (χ0) is 14.5. The van der Waals surface area contributed by atoms with Crippen LogP contribution in [0.5, 0.6) is 17.2 Å². The van der Waals surface area contributed by atoms with Gasteiger partial charge >= 0.3 is 0 Å². The predicted octanol–water partition coefficient (Wildman–Crippen LogP) is 3.41. The van der Waals surface area contributed by atoms with Gasteiger partial charge in [0.15, 0.2) is 0 Å². The third-order valence-corrected chi connectivity index (χ3v) is 2.85. The van der Waals surface area contributed by atoms with Gasteiger partial charge in [0.05, 0.1) is 30.4 Å². The predicted molar refractivity (Wildman–Crippen MR) is 74.9 cm³/mol. The fourth-order valence-corrected chi connectivity index (χ4v) is 1.96. The summed E-state index contributed by atoms with van der Waals surface area (Å²) < 4.78 is 11.0. The molecule has 2 rings (SSSR count). The summed E-state index contributed by atoms with van der Waals surface area (Å²) >= 11 is 0. The number of methoxy groups -OCH3 is 1. The molecule has 0 saturated carbocycles. The number of benzene rings is 2. The van der Waals surface area contributed by atoms with Gasteiger partial charge in [-0.05, 0) is 37.3 Å². The summed E-state index contributed by atoms with van der Waals surface area (Å²) in [6.07, 6.45) is -0.722. The molecule has 4 heteroatoms. The van der Waals surface area contributed by atoms with E-state index >= 15 is 0 Å². The minimum Gasteiger partial charge on any atom is -0.496 e. The number of aliphatic hydroxyl groups excluding tert-OH is 1. The maximum atomic E-state index is 9.88. The van der Waals surface area contributed by atoms with E-state index in [2.05, 4.69) is 6.07 Å². The van der Waals surface area contributed by atoms with E-state index in [0.29, 0.717) is 28.4 Å². The van der Waals surface area contributed by atoms with E-state index in [9.17, 15) is 5.11 Å². The van der Waals surface area contributed by atoms with Gasteiger partial charge in [0.25, 0.3) is 0 Å². The van der Waals surface area contributed by atoms with Crippen molar-refractivity contribution in [1.82, 2.24) is 0 Å². The van der Waals surface area contributed by atoms with Gasteiger partial charge in [-0.3, -0.25) is 0 Å². The van der Waals surface area contributed by atoms with Crippen molar-refractivity contribution in [3.63, 3.8) is 0 Å². The normalized spacial score (nSPS) is 11.5. The number of ether oxygens (including phenoxy) is 2. The molecule has 0 unspecified atom stereocenters. The van der Waals surface area contributed by atoms with Crippen molar-refractivity contribution in [1.29, 1.82) is 5.26 Å². The molecular formula is C16H15NO3. The molecule has 20 heavy (non-hydrogen) atoms. The van der Waals surface area contributed by atoms with Crippen molar-refractivity contribution in [2.75, 3.05) is 7.11 Å². The molecule has 0 bridgehead atoms. The molecule has 1 atom stereocenters. The lowest BCUT2D eigenvalue weighted by Gasteiger charge is -2.16. The van der Waals surface area contributed by atoms with Crippen LogP contribution < -0.4 is 9.47 Å². The fraction of sp³-hybridized carbons (Fsp3) is 0.188. The lowest BCUT2D eigenvalue weighted by Crippen LogP contribution is -2.00. The van der Waals surface area contributed by atoms with E-state index in [0.717, 1.165) is 0 Å². The van der Waals surface area contributed by atoms with E-state index in [1.54, 1.807) is 56.5 Å². The van der Waals surface area contributed by atoms with Crippen LogP contribution in [0.15, 0.2) is 42.5 Å². The summed E-state index contributed by atoms with van der Waals surface area (Å²) in [6.45, 7) is 1.65. The van der Waals surface area contributed by atoms with Crippen LogP contribution in [0, 0.1) is 11.3 Å². The number of hydrogen-bond donors (Lipinski definition) is 1. The van der Waals surface area contributed by atoms with Gasteiger partial charge in [-0.25, -0.2) is 0 Å². The van der Waals surface area contributed by atoms with E-state index in [1.807, 2.05) is 0 Å². The standard InChI is InChI=1S/C16H15NO3/c1-11(18)16-14(19-2)7-4-8-15(16)20-13-6-3-5-12(9-13)10-17/h3-9,11,18H,1-2H3/t11-/m0/s1. The van der Waals surface area contributed by atoms with E-state index in [-0.39, 0.29) is 0 Å². The molecule has 0 amide bonds. The first kappa shape index (κ1) is 13.9. The van der Waals surface area contributed by atoms with Crippen molar-refractivity contribution in [2.45, 2.75) is 13.0 Å².